The Morgan fingerprint density at radius 3 is 2.55 bits per heavy atom. The van der Waals surface area contributed by atoms with Gasteiger partial charge in [0.05, 0.1) is 0 Å². The molecule has 4 heteroatoms. The number of nitrogens with zero attached hydrogens (tertiary/aromatic N) is 1. The summed E-state index contributed by atoms with van der Waals surface area (Å²) >= 11 is 1.34. The zero-order valence-electron chi connectivity index (χ0n) is 11.6. The van der Waals surface area contributed by atoms with Crippen molar-refractivity contribution in [3.8, 4) is 5.75 Å². The molecule has 0 bridgehead atoms. The van der Waals surface area contributed by atoms with Crippen LogP contribution < -0.4 is 0 Å². The molecule has 102 valence electrons. The minimum atomic E-state index is -0.107. The lowest BCUT2D eigenvalue weighted by Gasteiger charge is -2.01. The quantitative estimate of drug-likeness (QED) is 0.728. The molecule has 0 atom stereocenters. The number of aryl methyl sites for hydroxylation is 1. The third kappa shape index (κ3) is 1.76. The Balaban J connectivity index is 2.17. The Labute approximate surface area is 121 Å². The fourth-order valence-corrected chi connectivity index (χ4v) is 3.44. The summed E-state index contributed by atoms with van der Waals surface area (Å²) in [6.07, 6.45) is 0. The molecule has 0 fully saturated rings. The number of aromatic nitrogens is 1. The summed E-state index contributed by atoms with van der Waals surface area (Å²) < 4.78 is 2.91. The summed E-state index contributed by atoms with van der Waals surface area (Å²) in [5, 5.41) is 11.0. The van der Waals surface area contributed by atoms with Crippen molar-refractivity contribution in [3.63, 3.8) is 0 Å². The topological polar surface area (TPSA) is 42.2 Å². The Morgan fingerprint density at radius 2 is 1.95 bits per heavy atom. The lowest BCUT2D eigenvalue weighted by molar-refractivity contribution is 0.104. The zero-order valence-corrected chi connectivity index (χ0v) is 12.4. The van der Waals surface area contributed by atoms with E-state index < -0.39 is 0 Å². The maximum Gasteiger partial charge on any atom is 0.208 e. The standard InChI is InChI=1S/C16H15NO2S/c1-9-8-12(10(2)17(9)3)15(19)16-14(18)11-6-4-5-7-13(11)20-16/h4-8,18H,1-3H3. The number of hydrogen-bond donors (Lipinski definition) is 1. The maximum atomic E-state index is 12.7. The van der Waals surface area contributed by atoms with Gasteiger partial charge in [-0.2, -0.15) is 0 Å². The molecule has 3 nitrogen and oxygen atoms in total. The highest BCUT2D eigenvalue weighted by atomic mass is 32.1. The number of hydrogen-bond acceptors (Lipinski definition) is 3. The average molecular weight is 285 g/mol. The van der Waals surface area contributed by atoms with Crippen LogP contribution in [-0.2, 0) is 7.05 Å². The summed E-state index contributed by atoms with van der Waals surface area (Å²) in [7, 11) is 1.94. The zero-order chi connectivity index (χ0) is 14.4. The van der Waals surface area contributed by atoms with Crippen molar-refractivity contribution in [2.45, 2.75) is 13.8 Å². The van der Waals surface area contributed by atoms with Crippen molar-refractivity contribution >= 4 is 27.2 Å². The largest absolute Gasteiger partial charge is 0.506 e. The van der Waals surface area contributed by atoms with E-state index in [9.17, 15) is 9.90 Å². The molecule has 0 saturated heterocycles. The van der Waals surface area contributed by atoms with E-state index in [1.54, 1.807) is 0 Å². The van der Waals surface area contributed by atoms with E-state index in [1.807, 2.05) is 55.8 Å². The molecule has 20 heavy (non-hydrogen) atoms. The minimum absolute atomic E-state index is 0.0940. The summed E-state index contributed by atoms with van der Waals surface area (Å²) in [6, 6.07) is 9.40. The highest BCUT2D eigenvalue weighted by molar-refractivity contribution is 7.21. The molecule has 0 aliphatic rings. The van der Waals surface area contributed by atoms with Crippen LogP contribution in [0.2, 0.25) is 0 Å². The summed E-state index contributed by atoms with van der Waals surface area (Å²) in [4.78, 5) is 13.1. The molecule has 2 heterocycles. The SMILES string of the molecule is Cc1cc(C(=O)c2sc3ccccc3c2O)c(C)n1C. The number of aromatic hydroxyl groups is 1. The predicted molar refractivity (Wildman–Crippen MR) is 81.8 cm³/mol. The molecular weight excluding hydrogens is 270 g/mol. The second-order valence-corrected chi connectivity index (χ2v) is 6.00. The molecule has 3 aromatic rings. The first-order valence-electron chi connectivity index (χ1n) is 6.39. The average Bonchev–Trinajstić information content (AvgIpc) is 2.91. The summed E-state index contributed by atoms with van der Waals surface area (Å²) in [6.45, 7) is 3.89. The lowest BCUT2D eigenvalue weighted by Crippen LogP contribution is -2.01. The van der Waals surface area contributed by atoms with Crippen LogP contribution >= 0.6 is 11.3 Å². The Kier molecular flexibility index (Phi) is 2.91. The van der Waals surface area contributed by atoms with Gasteiger partial charge in [0, 0.05) is 34.1 Å². The second kappa shape index (κ2) is 4.49. The molecule has 0 amide bonds. The van der Waals surface area contributed by atoms with Crippen LogP contribution in [0.15, 0.2) is 30.3 Å². The van der Waals surface area contributed by atoms with Gasteiger partial charge in [-0.3, -0.25) is 4.79 Å². The number of fused-ring (bicyclic) bond motifs is 1. The van der Waals surface area contributed by atoms with Gasteiger partial charge in [-0.1, -0.05) is 12.1 Å². The van der Waals surface area contributed by atoms with Crippen LogP contribution in [0.1, 0.15) is 26.6 Å². The second-order valence-electron chi connectivity index (χ2n) is 4.95. The molecule has 3 rings (SSSR count). The maximum absolute atomic E-state index is 12.7. The van der Waals surface area contributed by atoms with Crippen molar-refractivity contribution in [3.05, 3.63) is 52.2 Å². The van der Waals surface area contributed by atoms with E-state index in [4.69, 9.17) is 0 Å². The van der Waals surface area contributed by atoms with Gasteiger partial charge >= 0.3 is 0 Å². The van der Waals surface area contributed by atoms with Crippen LogP contribution in [0.4, 0.5) is 0 Å². The number of carbonyl (C=O) groups is 1. The Morgan fingerprint density at radius 1 is 1.25 bits per heavy atom. The number of rotatable bonds is 2. The molecule has 0 unspecified atom stereocenters. The van der Waals surface area contributed by atoms with Gasteiger partial charge in [0.15, 0.2) is 0 Å². The van der Waals surface area contributed by atoms with Gasteiger partial charge in [0.1, 0.15) is 10.6 Å². The van der Waals surface area contributed by atoms with E-state index >= 15 is 0 Å². The fraction of sp³-hybridized carbons (Fsp3) is 0.188. The van der Waals surface area contributed by atoms with Crippen LogP contribution in [0.25, 0.3) is 10.1 Å². The Bertz CT molecular complexity index is 826. The van der Waals surface area contributed by atoms with E-state index in [1.165, 1.54) is 11.3 Å². The number of thiophene rings is 1. The number of ketones is 1. The van der Waals surface area contributed by atoms with Crippen LogP contribution in [0, 0.1) is 13.8 Å². The highest BCUT2D eigenvalue weighted by Gasteiger charge is 2.22. The molecule has 1 N–H and O–H groups in total. The van der Waals surface area contributed by atoms with Crippen LogP contribution in [0.5, 0.6) is 5.75 Å². The van der Waals surface area contributed by atoms with E-state index in [-0.39, 0.29) is 11.5 Å². The van der Waals surface area contributed by atoms with E-state index in [2.05, 4.69) is 0 Å². The third-order valence-corrected chi connectivity index (χ3v) is 4.95. The van der Waals surface area contributed by atoms with E-state index in [0.717, 1.165) is 21.5 Å². The van der Waals surface area contributed by atoms with Gasteiger partial charge < -0.3 is 9.67 Å². The van der Waals surface area contributed by atoms with Gasteiger partial charge in [-0.15, -0.1) is 11.3 Å². The van der Waals surface area contributed by atoms with Crippen LogP contribution in [-0.4, -0.2) is 15.5 Å². The van der Waals surface area contributed by atoms with Gasteiger partial charge in [0.2, 0.25) is 5.78 Å². The van der Waals surface area contributed by atoms with Crippen molar-refractivity contribution in [2.75, 3.05) is 0 Å². The molecule has 0 aliphatic heterocycles. The van der Waals surface area contributed by atoms with Crippen LogP contribution in [0.3, 0.4) is 0 Å². The highest BCUT2D eigenvalue weighted by Crippen LogP contribution is 2.38. The molecule has 0 aliphatic carbocycles. The Hall–Kier alpha value is -2.07. The fourth-order valence-electron chi connectivity index (χ4n) is 2.39. The van der Waals surface area contributed by atoms with Gasteiger partial charge in [-0.25, -0.2) is 0 Å². The number of benzene rings is 1. The first-order chi connectivity index (χ1) is 9.50. The molecule has 0 spiro atoms. The van der Waals surface area contributed by atoms with Gasteiger partial charge in [0.25, 0.3) is 0 Å². The minimum Gasteiger partial charge on any atom is -0.506 e. The smallest absolute Gasteiger partial charge is 0.208 e. The monoisotopic (exact) mass is 285 g/mol. The predicted octanol–water partition coefficient (Wildman–Crippen LogP) is 3.79. The van der Waals surface area contributed by atoms with Crippen molar-refractivity contribution in [1.29, 1.82) is 0 Å². The third-order valence-electron chi connectivity index (χ3n) is 3.80. The first kappa shape index (κ1) is 12.9. The molecule has 0 radical (unpaired) electrons. The normalized spacial score (nSPS) is 11.2. The molecule has 1 aromatic carbocycles. The molecule has 0 saturated carbocycles. The summed E-state index contributed by atoms with van der Waals surface area (Å²) in [5.41, 5.74) is 2.61. The van der Waals surface area contributed by atoms with Crippen molar-refractivity contribution < 1.29 is 9.90 Å². The number of carbonyl (C=O) groups excluding carboxylic acids is 1. The van der Waals surface area contributed by atoms with Crippen molar-refractivity contribution in [1.82, 2.24) is 4.57 Å². The van der Waals surface area contributed by atoms with Crippen molar-refractivity contribution in [2.24, 2.45) is 7.05 Å². The van der Waals surface area contributed by atoms with Gasteiger partial charge in [-0.05, 0) is 32.0 Å². The molecular formula is C16H15NO2S. The van der Waals surface area contributed by atoms with E-state index in [0.29, 0.717) is 10.4 Å². The summed E-state index contributed by atoms with van der Waals surface area (Å²) in [5.74, 6) is -0.0126. The molecule has 2 aromatic heterocycles. The first-order valence-corrected chi connectivity index (χ1v) is 7.20. The lowest BCUT2D eigenvalue weighted by atomic mass is 10.1.